The van der Waals surface area contributed by atoms with Crippen molar-refractivity contribution in [3.63, 3.8) is 0 Å². The molecule has 0 aliphatic heterocycles. The number of nitrogens with one attached hydrogen (secondary N) is 1. The lowest BCUT2D eigenvalue weighted by molar-refractivity contribution is 0.311. The highest BCUT2D eigenvalue weighted by molar-refractivity contribution is 7.14. The van der Waals surface area contributed by atoms with E-state index in [0.29, 0.717) is 12.4 Å². The summed E-state index contributed by atoms with van der Waals surface area (Å²) in [4.78, 5) is 4.62. The van der Waals surface area contributed by atoms with Gasteiger partial charge >= 0.3 is 0 Å². The molecule has 1 heterocycles. The fraction of sp³-hybridized carbons (Fsp3) is 0.238. The zero-order valence-corrected chi connectivity index (χ0v) is 16.8. The van der Waals surface area contributed by atoms with Crippen LogP contribution in [0.15, 0.2) is 46.9 Å². The number of aryl methyl sites for hydroxylation is 2. The van der Waals surface area contributed by atoms with Crippen LogP contribution in [-0.4, -0.2) is 24.9 Å². The van der Waals surface area contributed by atoms with Crippen molar-refractivity contribution in [3.8, 4) is 22.8 Å². The zero-order valence-electron chi connectivity index (χ0n) is 15.9. The summed E-state index contributed by atoms with van der Waals surface area (Å²) in [6, 6.07) is 12.1. The third kappa shape index (κ3) is 4.65. The number of benzene rings is 2. The monoisotopic (exact) mass is 381 g/mol. The number of thiazole rings is 1. The fourth-order valence-electron chi connectivity index (χ4n) is 2.75. The van der Waals surface area contributed by atoms with Crippen LogP contribution in [0, 0.1) is 13.8 Å². The van der Waals surface area contributed by atoms with E-state index in [2.05, 4.69) is 47.6 Å². The maximum absolute atomic E-state index is 5.52. The van der Waals surface area contributed by atoms with Crippen molar-refractivity contribution in [2.75, 3.05) is 19.1 Å². The van der Waals surface area contributed by atoms with E-state index in [1.54, 1.807) is 13.3 Å². The second kappa shape index (κ2) is 8.68. The average Bonchev–Trinajstić information content (AvgIpc) is 3.11. The number of anilines is 1. The molecule has 0 bridgehead atoms. The van der Waals surface area contributed by atoms with Gasteiger partial charge in [-0.2, -0.15) is 5.10 Å². The Hall–Kier alpha value is -2.86. The van der Waals surface area contributed by atoms with Crippen LogP contribution < -0.4 is 14.9 Å². The highest BCUT2D eigenvalue weighted by atomic mass is 32.1. The first-order valence-corrected chi connectivity index (χ1v) is 9.61. The standard InChI is InChI=1S/C21H23N3O2S/c1-5-26-19-9-7-16(11-20(19)25-4)12-22-24-21-23-18(13-27-21)17-8-6-14(2)10-15(17)3/h6-13H,5H2,1-4H3,(H,23,24)/b22-12-. The second-order valence-corrected chi connectivity index (χ2v) is 6.93. The van der Waals surface area contributed by atoms with E-state index in [1.807, 2.05) is 30.5 Å². The lowest BCUT2D eigenvalue weighted by atomic mass is 10.0. The van der Waals surface area contributed by atoms with Gasteiger partial charge in [-0.15, -0.1) is 11.3 Å². The Morgan fingerprint density at radius 1 is 1.15 bits per heavy atom. The average molecular weight is 382 g/mol. The number of hydrazone groups is 1. The molecule has 0 unspecified atom stereocenters. The maximum atomic E-state index is 5.52. The predicted octanol–water partition coefficient (Wildman–Crippen LogP) is 5.28. The van der Waals surface area contributed by atoms with Crippen LogP contribution in [0.1, 0.15) is 23.6 Å². The maximum Gasteiger partial charge on any atom is 0.203 e. The van der Waals surface area contributed by atoms with Crippen LogP contribution >= 0.6 is 11.3 Å². The van der Waals surface area contributed by atoms with Crippen molar-refractivity contribution in [2.24, 2.45) is 5.10 Å². The van der Waals surface area contributed by atoms with Crippen molar-refractivity contribution in [2.45, 2.75) is 20.8 Å². The minimum atomic E-state index is 0.595. The molecule has 0 fully saturated rings. The Balaban J connectivity index is 1.69. The van der Waals surface area contributed by atoms with E-state index in [4.69, 9.17) is 9.47 Å². The second-order valence-electron chi connectivity index (χ2n) is 6.07. The number of ether oxygens (including phenoxy) is 2. The summed E-state index contributed by atoms with van der Waals surface area (Å²) in [5, 5.41) is 7.07. The molecule has 0 aliphatic carbocycles. The molecule has 6 heteroatoms. The van der Waals surface area contributed by atoms with Gasteiger partial charge in [-0.3, -0.25) is 5.43 Å². The Labute approximate surface area is 163 Å². The molecule has 0 amide bonds. The predicted molar refractivity (Wildman–Crippen MR) is 112 cm³/mol. The van der Waals surface area contributed by atoms with E-state index < -0.39 is 0 Å². The summed E-state index contributed by atoms with van der Waals surface area (Å²) in [6.07, 6.45) is 1.73. The van der Waals surface area contributed by atoms with Crippen LogP contribution in [-0.2, 0) is 0 Å². The smallest absolute Gasteiger partial charge is 0.203 e. The first kappa shape index (κ1) is 18.9. The Kier molecular flexibility index (Phi) is 6.08. The number of nitrogens with zero attached hydrogens (tertiary/aromatic N) is 2. The Bertz CT molecular complexity index is 950. The number of methoxy groups -OCH3 is 1. The minimum absolute atomic E-state index is 0.595. The van der Waals surface area contributed by atoms with Crippen LogP contribution in [0.5, 0.6) is 11.5 Å². The van der Waals surface area contributed by atoms with Gasteiger partial charge in [0.15, 0.2) is 11.5 Å². The highest BCUT2D eigenvalue weighted by Crippen LogP contribution is 2.29. The molecular formula is C21H23N3O2S. The van der Waals surface area contributed by atoms with Crippen molar-refractivity contribution >= 4 is 22.7 Å². The highest BCUT2D eigenvalue weighted by Gasteiger charge is 2.07. The van der Waals surface area contributed by atoms with E-state index in [0.717, 1.165) is 27.7 Å². The molecule has 0 saturated heterocycles. The van der Waals surface area contributed by atoms with Crippen LogP contribution in [0.4, 0.5) is 5.13 Å². The molecule has 0 saturated carbocycles. The van der Waals surface area contributed by atoms with Gasteiger partial charge in [0.05, 0.1) is 25.6 Å². The van der Waals surface area contributed by atoms with Gasteiger partial charge in [0.2, 0.25) is 5.13 Å². The largest absolute Gasteiger partial charge is 0.493 e. The molecular weight excluding hydrogens is 358 g/mol. The SMILES string of the molecule is CCOc1ccc(/C=N\Nc2nc(-c3ccc(C)cc3C)cs2)cc1OC. The van der Waals surface area contributed by atoms with Gasteiger partial charge in [0.25, 0.3) is 0 Å². The molecule has 3 rings (SSSR count). The first-order valence-electron chi connectivity index (χ1n) is 8.73. The van der Waals surface area contributed by atoms with E-state index in [-0.39, 0.29) is 0 Å². The van der Waals surface area contributed by atoms with E-state index >= 15 is 0 Å². The van der Waals surface area contributed by atoms with Gasteiger partial charge in [-0.05, 0) is 50.1 Å². The van der Waals surface area contributed by atoms with Crippen molar-refractivity contribution in [1.82, 2.24) is 4.98 Å². The summed E-state index contributed by atoms with van der Waals surface area (Å²) >= 11 is 1.53. The van der Waals surface area contributed by atoms with Crippen molar-refractivity contribution < 1.29 is 9.47 Å². The van der Waals surface area contributed by atoms with Crippen LogP contribution in [0.25, 0.3) is 11.3 Å². The molecule has 27 heavy (non-hydrogen) atoms. The Morgan fingerprint density at radius 3 is 2.74 bits per heavy atom. The van der Waals surface area contributed by atoms with Crippen molar-refractivity contribution in [3.05, 3.63) is 58.5 Å². The molecule has 3 aromatic rings. The molecule has 0 atom stereocenters. The third-order valence-electron chi connectivity index (χ3n) is 4.02. The molecule has 1 N–H and O–H groups in total. The number of hydrogen-bond acceptors (Lipinski definition) is 6. The molecule has 2 aromatic carbocycles. The molecule has 0 radical (unpaired) electrons. The van der Waals surface area contributed by atoms with Gasteiger partial charge in [0.1, 0.15) is 0 Å². The lowest BCUT2D eigenvalue weighted by Gasteiger charge is -2.09. The normalized spacial score (nSPS) is 11.0. The van der Waals surface area contributed by atoms with Crippen LogP contribution in [0.3, 0.4) is 0 Å². The number of aromatic nitrogens is 1. The Morgan fingerprint density at radius 2 is 2.00 bits per heavy atom. The lowest BCUT2D eigenvalue weighted by Crippen LogP contribution is -1.97. The summed E-state index contributed by atoms with van der Waals surface area (Å²) in [5.41, 5.74) is 8.48. The van der Waals surface area contributed by atoms with Gasteiger partial charge < -0.3 is 9.47 Å². The van der Waals surface area contributed by atoms with Crippen LogP contribution in [0.2, 0.25) is 0 Å². The topological polar surface area (TPSA) is 55.7 Å². The minimum Gasteiger partial charge on any atom is -0.493 e. The molecule has 140 valence electrons. The van der Waals surface area contributed by atoms with E-state index in [9.17, 15) is 0 Å². The van der Waals surface area contributed by atoms with Crippen molar-refractivity contribution in [1.29, 1.82) is 0 Å². The van der Waals surface area contributed by atoms with Gasteiger partial charge in [-0.25, -0.2) is 4.98 Å². The molecule has 1 aromatic heterocycles. The molecule has 5 nitrogen and oxygen atoms in total. The van der Waals surface area contributed by atoms with Gasteiger partial charge in [-0.1, -0.05) is 23.8 Å². The third-order valence-corrected chi connectivity index (χ3v) is 4.77. The molecule has 0 spiro atoms. The summed E-state index contributed by atoms with van der Waals surface area (Å²) in [6.45, 7) is 6.74. The first-order chi connectivity index (χ1) is 13.1. The quantitative estimate of drug-likeness (QED) is 0.447. The summed E-state index contributed by atoms with van der Waals surface area (Å²) in [7, 11) is 1.63. The fourth-order valence-corrected chi connectivity index (χ4v) is 3.41. The van der Waals surface area contributed by atoms with E-state index in [1.165, 1.54) is 22.5 Å². The number of rotatable bonds is 7. The van der Waals surface area contributed by atoms with Gasteiger partial charge in [0, 0.05) is 10.9 Å². The summed E-state index contributed by atoms with van der Waals surface area (Å²) < 4.78 is 10.9. The summed E-state index contributed by atoms with van der Waals surface area (Å²) in [5.74, 6) is 1.41. The molecule has 0 aliphatic rings. The number of hydrogen-bond donors (Lipinski definition) is 1. The zero-order chi connectivity index (χ0) is 19.2.